The van der Waals surface area contributed by atoms with Gasteiger partial charge < -0.3 is 31.6 Å². The zero-order valence-electron chi connectivity index (χ0n) is 21.5. The predicted octanol–water partition coefficient (Wildman–Crippen LogP) is 4.01. The summed E-state index contributed by atoms with van der Waals surface area (Å²) in [6, 6.07) is 1.45. The van der Waals surface area contributed by atoms with Crippen LogP contribution in [0.3, 0.4) is 0 Å². The van der Waals surface area contributed by atoms with E-state index in [1.54, 1.807) is 21.1 Å². The van der Waals surface area contributed by atoms with Gasteiger partial charge in [-0.15, -0.1) is 0 Å². The third-order valence-electron chi connectivity index (χ3n) is 4.35. The Morgan fingerprint density at radius 2 is 1.30 bits per heavy atom. The van der Waals surface area contributed by atoms with Crippen molar-refractivity contribution in [1.29, 1.82) is 0 Å². The van der Waals surface area contributed by atoms with E-state index in [0.717, 1.165) is 18.5 Å². The first kappa shape index (κ1) is 33.8. The third kappa shape index (κ3) is 16.8. The quantitative estimate of drug-likeness (QED) is 0.118. The van der Waals surface area contributed by atoms with Crippen LogP contribution in [0.1, 0.15) is 40.5 Å². The van der Waals surface area contributed by atoms with Crippen molar-refractivity contribution in [2.75, 3.05) is 47.3 Å². The first-order valence-electron chi connectivity index (χ1n) is 11.2. The molecule has 0 radical (unpaired) electrons. The first-order chi connectivity index (χ1) is 15.6. The molecule has 11 heteroatoms. The summed E-state index contributed by atoms with van der Waals surface area (Å²) in [6.45, 7) is 18.6. The summed E-state index contributed by atoms with van der Waals surface area (Å²) in [5.74, 6) is -0.750. The second kappa shape index (κ2) is 20.1. The molecule has 0 N–H and O–H groups in total. The zero-order valence-corrected chi connectivity index (χ0v) is 23.5. The van der Waals surface area contributed by atoms with Gasteiger partial charge in [-0.1, -0.05) is 13.2 Å². The minimum absolute atomic E-state index is 0.327. The van der Waals surface area contributed by atoms with E-state index in [1.807, 2.05) is 27.3 Å². The second-order valence-electron chi connectivity index (χ2n) is 7.02. The van der Waals surface area contributed by atoms with Crippen molar-refractivity contribution in [1.82, 2.24) is 0 Å². The summed E-state index contributed by atoms with van der Waals surface area (Å²) < 4.78 is 37.5. The molecular weight excluding hydrogens is 464 g/mol. The van der Waals surface area contributed by atoms with E-state index >= 15 is 0 Å². The topological polar surface area (TPSA) is 98.8 Å². The van der Waals surface area contributed by atoms with Crippen molar-refractivity contribution in [2.45, 2.75) is 59.2 Å². The average molecular weight is 509 g/mol. The minimum Gasteiger partial charge on any atom is -0.463 e. The normalized spacial score (nSPS) is 11.2. The Morgan fingerprint density at radius 3 is 1.70 bits per heavy atom. The highest BCUT2D eigenvalue weighted by molar-refractivity contribution is 6.65. The van der Waals surface area contributed by atoms with Crippen LogP contribution in [0.2, 0.25) is 18.6 Å². The summed E-state index contributed by atoms with van der Waals surface area (Å²) in [6.07, 6.45) is 2.57. The number of carbonyl (C=O) groups is 2. The van der Waals surface area contributed by atoms with Crippen LogP contribution in [0.4, 0.5) is 0 Å². The van der Waals surface area contributed by atoms with E-state index in [0.29, 0.717) is 51.1 Å². The lowest BCUT2D eigenvalue weighted by Crippen LogP contribution is -2.46. The number of ether oxygens (including phenoxy) is 2. The average Bonchev–Trinajstić information content (AvgIpc) is 2.80. The number of hydrogen-bond acceptors (Lipinski definition) is 9. The van der Waals surface area contributed by atoms with Gasteiger partial charge in [0.2, 0.25) is 0 Å². The fraction of sp³-hybridized carbons (Fsp3) is 0.727. The van der Waals surface area contributed by atoms with Crippen LogP contribution < -0.4 is 0 Å². The van der Waals surface area contributed by atoms with Crippen LogP contribution >= 0.6 is 0 Å². The lowest BCUT2D eigenvalue weighted by atomic mass is 10.4. The fourth-order valence-corrected chi connectivity index (χ4v) is 6.43. The maximum Gasteiger partial charge on any atom is 0.501 e. The summed E-state index contributed by atoms with van der Waals surface area (Å²) in [5.41, 5.74) is 0.405. The summed E-state index contributed by atoms with van der Waals surface area (Å²) in [4.78, 5) is 21.9. The lowest BCUT2D eigenvalue weighted by molar-refractivity contribution is -0.139. The molecule has 0 spiro atoms. The molecular formula is C22H44O9Si2. The number of rotatable bonds is 18. The molecule has 0 aromatic heterocycles. The molecule has 0 aromatic carbocycles. The van der Waals surface area contributed by atoms with Gasteiger partial charge in [-0.05, 0) is 53.1 Å². The SMILES string of the molecule is C=C(C)C(=O)OCCC[Si](OCC)(OCC)OCC.C=CC(=O)OCCC[Si](C)(OC)OC. The Morgan fingerprint density at radius 1 is 0.848 bits per heavy atom. The summed E-state index contributed by atoms with van der Waals surface area (Å²) in [5, 5.41) is 0. The third-order valence-corrected chi connectivity index (χ3v) is 10.5. The molecule has 194 valence electrons. The molecule has 0 aliphatic heterocycles. The maximum absolute atomic E-state index is 11.2. The van der Waals surface area contributed by atoms with Crippen molar-refractivity contribution >= 4 is 29.3 Å². The second-order valence-corrected chi connectivity index (χ2v) is 13.3. The van der Waals surface area contributed by atoms with Crippen LogP contribution in [0.5, 0.6) is 0 Å². The number of hydrogen-bond donors (Lipinski definition) is 0. The van der Waals surface area contributed by atoms with Crippen LogP contribution in [0.15, 0.2) is 24.8 Å². The molecule has 0 saturated carbocycles. The van der Waals surface area contributed by atoms with Gasteiger partial charge in [-0.3, -0.25) is 0 Å². The Labute approximate surface area is 202 Å². The van der Waals surface area contributed by atoms with Gasteiger partial charge in [0.15, 0.2) is 0 Å². The largest absolute Gasteiger partial charge is 0.501 e. The maximum atomic E-state index is 11.2. The highest BCUT2D eigenvalue weighted by Crippen LogP contribution is 2.18. The Bertz CT molecular complexity index is 549. The molecule has 0 heterocycles. The Kier molecular flexibility index (Phi) is 20.6. The predicted molar refractivity (Wildman–Crippen MR) is 132 cm³/mol. The van der Waals surface area contributed by atoms with E-state index in [2.05, 4.69) is 13.2 Å². The zero-order chi connectivity index (χ0) is 25.8. The molecule has 0 aliphatic carbocycles. The van der Waals surface area contributed by atoms with Crippen LogP contribution in [0, 0.1) is 0 Å². The first-order valence-corrected chi connectivity index (χ1v) is 15.7. The molecule has 0 amide bonds. The van der Waals surface area contributed by atoms with Gasteiger partial charge in [-0.25, -0.2) is 9.59 Å². The number of carbonyl (C=O) groups excluding carboxylic acids is 2. The molecule has 33 heavy (non-hydrogen) atoms. The van der Waals surface area contributed by atoms with Crippen molar-refractivity contribution < 1.29 is 41.2 Å². The monoisotopic (exact) mass is 508 g/mol. The highest BCUT2D eigenvalue weighted by Gasteiger charge is 2.39. The van der Waals surface area contributed by atoms with Crippen LogP contribution in [0.25, 0.3) is 0 Å². The number of esters is 2. The van der Waals surface area contributed by atoms with Gasteiger partial charge in [0, 0.05) is 51.7 Å². The van der Waals surface area contributed by atoms with Gasteiger partial charge in [0.05, 0.1) is 13.2 Å². The van der Waals surface area contributed by atoms with Gasteiger partial charge >= 0.3 is 29.3 Å². The van der Waals surface area contributed by atoms with Crippen molar-refractivity contribution in [3.63, 3.8) is 0 Å². The highest BCUT2D eigenvalue weighted by atomic mass is 28.4. The standard InChI is InChI=1S/C13H26O5Si.C9H18O4Si/c1-6-16-19(17-7-2,18-8-3)11-9-10-15-13(14)12(4)5;1-5-9(10)13-7-6-8-14(4,11-2)12-3/h4,6-11H2,1-3,5H3;5H,1,6-8H2,2-4H3. The van der Waals surface area contributed by atoms with Crippen LogP contribution in [-0.4, -0.2) is 76.6 Å². The fourth-order valence-electron chi connectivity index (χ4n) is 2.49. The van der Waals surface area contributed by atoms with E-state index in [9.17, 15) is 9.59 Å². The molecule has 0 bridgehead atoms. The Hall–Kier alpha value is -1.35. The van der Waals surface area contributed by atoms with E-state index in [4.69, 9.17) is 31.6 Å². The van der Waals surface area contributed by atoms with Crippen molar-refractivity contribution in [3.8, 4) is 0 Å². The Balaban J connectivity index is 0. The van der Waals surface area contributed by atoms with Crippen molar-refractivity contribution in [2.24, 2.45) is 0 Å². The molecule has 0 aromatic rings. The lowest BCUT2D eigenvalue weighted by Gasteiger charge is -2.28. The van der Waals surface area contributed by atoms with Gasteiger partial charge in [0.1, 0.15) is 0 Å². The van der Waals surface area contributed by atoms with E-state index in [-0.39, 0.29) is 11.9 Å². The molecule has 0 fully saturated rings. The smallest absolute Gasteiger partial charge is 0.463 e. The van der Waals surface area contributed by atoms with Crippen molar-refractivity contribution in [3.05, 3.63) is 24.8 Å². The van der Waals surface area contributed by atoms with Crippen LogP contribution in [-0.2, 0) is 41.2 Å². The summed E-state index contributed by atoms with van der Waals surface area (Å²) >= 11 is 0. The van der Waals surface area contributed by atoms with E-state index in [1.165, 1.54) is 0 Å². The molecule has 0 atom stereocenters. The van der Waals surface area contributed by atoms with Gasteiger partial charge in [0.25, 0.3) is 0 Å². The summed E-state index contributed by atoms with van der Waals surface area (Å²) in [7, 11) is -1.32. The minimum atomic E-state index is -2.61. The molecule has 0 saturated heterocycles. The molecule has 0 unspecified atom stereocenters. The molecule has 9 nitrogen and oxygen atoms in total. The molecule has 0 rings (SSSR count). The van der Waals surface area contributed by atoms with Gasteiger partial charge in [-0.2, -0.15) is 0 Å². The van der Waals surface area contributed by atoms with E-state index < -0.39 is 17.4 Å². The molecule has 0 aliphatic rings.